The molecule has 112 valence electrons. The van der Waals surface area contributed by atoms with Crippen molar-refractivity contribution in [3.05, 3.63) is 17.5 Å². The normalized spacial score (nSPS) is 17.4. The summed E-state index contributed by atoms with van der Waals surface area (Å²) in [4.78, 5) is 11.8. The lowest BCUT2D eigenvalue weighted by atomic mass is 10.0. The first-order chi connectivity index (χ1) is 9.56. The molecule has 1 saturated carbocycles. The van der Waals surface area contributed by atoms with Crippen molar-refractivity contribution in [1.82, 2.24) is 15.1 Å². The fraction of sp³-hybridized carbons (Fsp3) is 0.733. The summed E-state index contributed by atoms with van der Waals surface area (Å²) >= 11 is 0. The summed E-state index contributed by atoms with van der Waals surface area (Å²) in [6.45, 7) is 2.34. The fourth-order valence-corrected chi connectivity index (χ4v) is 2.96. The van der Waals surface area contributed by atoms with Gasteiger partial charge in [-0.25, -0.2) is 0 Å². The Balaban J connectivity index is 1.68. The third-order valence-electron chi connectivity index (χ3n) is 4.19. The van der Waals surface area contributed by atoms with Crippen molar-refractivity contribution in [3.63, 3.8) is 0 Å². The predicted octanol–water partition coefficient (Wildman–Crippen LogP) is 1.33. The minimum Gasteiger partial charge on any atom is -0.391 e. The van der Waals surface area contributed by atoms with Crippen molar-refractivity contribution in [1.29, 1.82) is 0 Å². The quantitative estimate of drug-likeness (QED) is 0.825. The Hall–Kier alpha value is -1.36. The highest BCUT2D eigenvalue weighted by molar-refractivity contribution is 5.76. The molecule has 2 N–H and O–H groups in total. The molecule has 1 heterocycles. The number of carbonyl (C=O) groups is 1. The molecule has 1 aromatic rings. The van der Waals surface area contributed by atoms with Crippen LogP contribution in [0.25, 0.3) is 0 Å². The van der Waals surface area contributed by atoms with Crippen molar-refractivity contribution in [2.75, 3.05) is 6.54 Å². The molecule has 1 atom stereocenters. The van der Waals surface area contributed by atoms with Gasteiger partial charge in [0.2, 0.25) is 5.91 Å². The van der Waals surface area contributed by atoms with Crippen LogP contribution in [-0.2, 0) is 18.3 Å². The highest BCUT2D eigenvalue weighted by Crippen LogP contribution is 2.27. The summed E-state index contributed by atoms with van der Waals surface area (Å²) in [6.07, 6.45) is 7.30. The van der Waals surface area contributed by atoms with Gasteiger partial charge in [0, 0.05) is 26.2 Å². The van der Waals surface area contributed by atoms with Gasteiger partial charge in [-0.1, -0.05) is 12.8 Å². The molecule has 1 fully saturated rings. The largest absolute Gasteiger partial charge is 0.391 e. The molecule has 2 rings (SSSR count). The van der Waals surface area contributed by atoms with Crippen LogP contribution in [0.3, 0.4) is 0 Å². The number of hydrogen-bond donors (Lipinski definition) is 2. The summed E-state index contributed by atoms with van der Waals surface area (Å²) in [5.41, 5.74) is 2.09. The lowest BCUT2D eigenvalue weighted by Gasteiger charge is -2.17. The van der Waals surface area contributed by atoms with Gasteiger partial charge >= 0.3 is 0 Å². The number of aliphatic hydroxyl groups excluding tert-OH is 1. The van der Waals surface area contributed by atoms with Gasteiger partial charge in [-0.3, -0.25) is 9.48 Å². The first kappa shape index (κ1) is 15.0. The molecule has 0 aliphatic heterocycles. The number of aromatic nitrogens is 2. The maximum absolute atomic E-state index is 11.8. The fourth-order valence-electron chi connectivity index (χ4n) is 2.96. The topological polar surface area (TPSA) is 67.2 Å². The highest BCUT2D eigenvalue weighted by Gasteiger charge is 2.23. The minimum absolute atomic E-state index is 0.00491. The SMILES string of the molecule is Cc1nn(C)cc1CCC(=O)NCC(O)C1CCCC1. The van der Waals surface area contributed by atoms with Gasteiger partial charge in [-0.2, -0.15) is 5.10 Å². The van der Waals surface area contributed by atoms with Gasteiger partial charge in [-0.05, 0) is 37.7 Å². The van der Waals surface area contributed by atoms with E-state index in [1.807, 2.05) is 20.2 Å². The van der Waals surface area contributed by atoms with Gasteiger partial charge in [0.25, 0.3) is 0 Å². The van der Waals surface area contributed by atoms with Gasteiger partial charge in [0.15, 0.2) is 0 Å². The molecule has 20 heavy (non-hydrogen) atoms. The van der Waals surface area contributed by atoms with Crippen LogP contribution >= 0.6 is 0 Å². The molecule has 1 amide bonds. The molecule has 0 bridgehead atoms. The van der Waals surface area contributed by atoms with Crippen LogP contribution < -0.4 is 5.32 Å². The van der Waals surface area contributed by atoms with Crippen molar-refractivity contribution in [3.8, 4) is 0 Å². The Morgan fingerprint density at radius 1 is 1.55 bits per heavy atom. The van der Waals surface area contributed by atoms with Gasteiger partial charge in [0.05, 0.1) is 11.8 Å². The van der Waals surface area contributed by atoms with Gasteiger partial charge in [0.1, 0.15) is 0 Å². The zero-order chi connectivity index (χ0) is 14.5. The molecule has 0 saturated heterocycles. The Labute approximate surface area is 120 Å². The monoisotopic (exact) mass is 279 g/mol. The van der Waals surface area contributed by atoms with E-state index in [9.17, 15) is 9.90 Å². The molecule has 0 aromatic carbocycles. The zero-order valence-corrected chi connectivity index (χ0v) is 12.4. The van der Waals surface area contributed by atoms with Crippen LogP contribution in [0.5, 0.6) is 0 Å². The van der Waals surface area contributed by atoms with E-state index in [0.717, 1.165) is 24.1 Å². The second kappa shape index (κ2) is 6.88. The van der Waals surface area contributed by atoms with E-state index in [1.165, 1.54) is 12.8 Å². The summed E-state index contributed by atoms with van der Waals surface area (Å²) < 4.78 is 1.77. The lowest BCUT2D eigenvalue weighted by Crippen LogP contribution is -2.35. The van der Waals surface area contributed by atoms with E-state index in [-0.39, 0.29) is 12.0 Å². The second-order valence-electron chi connectivity index (χ2n) is 5.83. The summed E-state index contributed by atoms with van der Waals surface area (Å²) in [5.74, 6) is 0.376. The maximum atomic E-state index is 11.8. The maximum Gasteiger partial charge on any atom is 0.220 e. The minimum atomic E-state index is -0.387. The van der Waals surface area contributed by atoms with Crippen LogP contribution in [0.1, 0.15) is 43.4 Å². The smallest absolute Gasteiger partial charge is 0.220 e. The van der Waals surface area contributed by atoms with Crippen LogP contribution in [-0.4, -0.2) is 33.4 Å². The Morgan fingerprint density at radius 3 is 2.85 bits per heavy atom. The number of nitrogens with zero attached hydrogens (tertiary/aromatic N) is 2. The Bertz CT molecular complexity index is 450. The molecular formula is C15H25N3O2. The lowest BCUT2D eigenvalue weighted by molar-refractivity contribution is -0.121. The Morgan fingerprint density at radius 2 is 2.25 bits per heavy atom. The van der Waals surface area contributed by atoms with Crippen LogP contribution in [0.15, 0.2) is 6.20 Å². The van der Waals surface area contributed by atoms with Crippen molar-refractivity contribution in [2.45, 2.75) is 51.6 Å². The molecule has 1 aliphatic rings. The van der Waals surface area contributed by atoms with Crippen LogP contribution in [0, 0.1) is 12.8 Å². The molecule has 1 aliphatic carbocycles. The first-order valence-electron chi connectivity index (χ1n) is 7.50. The summed E-state index contributed by atoms with van der Waals surface area (Å²) in [6, 6.07) is 0. The van der Waals surface area contributed by atoms with E-state index in [0.29, 0.717) is 25.3 Å². The van der Waals surface area contributed by atoms with Crippen LogP contribution in [0.4, 0.5) is 0 Å². The van der Waals surface area contributed by atoms with E-state index in [2.05, 4.69) is 10.4 Å². The average Bonchev–Trinajstić information content (AvgIpc) is 3.03. The van der Waals surface area contributed by atoms with Gasteiger partial charge in [-0.15, -0.1) is 0 Å². The first-order valence-corrected chi connectivity index (χ1v) is 7.50. The average molecular weight is 279 g/mol. The number of aliphatic hydroxyl groups is 1. The number of nitrogens with one attached hydrogen (secondary N) is 1. The van der Waals surface area contributed by atoms with Crippen LogP contribution in [0.2, 0.25) is 0 Å². The van der Waals surface area contributed by atoms with Crippen molar-refractivity contribution < 1.29 is 9.90 Å². The molecule has 0 radical (unpaired) electrons. The summed E-state index contributed by atoms with van der Waals surface area (Å²) in [7, 11) is 1.88. The molecule has 1 aromatic heterocycles. The third kappa shape index (κ3) is 4.07. The third-order valence-corrected chi connectivity index (χ3v) is 4.19. The van der Waals surface area contributed by atoms with E-state index >= 15 is 0 Å². The van der Waals surface area contributed by atoms with Crippen molar-refractivity contribution >= 4 is 5.91 Å². The summed E-state index contributed by atoms with van der Waals surface area (Å²) in [5, 5.41) is 17.1. The van der Waals surface area contributed by atoms with E-state index in [4.69, 9.17) is 0 Å². The highest BCUT2D eigenvalue weighted by atomic mass is 16.3. The second-order valence-corrected chi connectivity index (χ2v) is 5.83. The number of carbonyl (C=O) groups excluding carboxylic acids is 1. The van der Waals surface area contributed by atoms with Crippen molar-refractivity contribution in [2.24, 2.45) is 13.0 Å². The zero-order valence-electron chi connectivity index (χ0n) is 12.4. The standard InChI is InChI=1S/C15H25N3O2/c1-11-13(10-18(2)17-11)7-8-15(20)16-9-14(19)12-5-3-4-6-12/h10,12,14,19H,3-9H2,1-2H3,(H,16,20). The number of amides is 1. The molecule has 5 heteroatoms. The molecule has 0 spiro atoms. The van der Waals surface area contributed by atoms with E-state index < -0.39 is 0 Å². The number of hydrogen-bond acceptors (Lipinski definition) is 3. The number of rotatable bonds is 6. The predicted molar refractivity (Wildman–Crippen MR) is 77.2 cm³/mol. The van der Waals surface area contributed by atoms with E-state index in [1.54, 1.807) is 4.68 Å². The molecule has 1 unspecified atom stereocenters. The number of aryl methyl sites for hydroxylation is 3. The molecular weight excluding hydrogens is 254 g/mol. The van der Waals surface area contributed by atoms with Gasteiger partial charge < -0.3 is 10.4 Å². The Kier molecular flexibility index (Phi) is 5.17. The molecule has 5 nitrogen and oxygen atoms in total.